The Morgan fingerprint density at radius 2 is 1.68 bits per heavy atom. The summed E-state index contributed by atoms with van der Waals surface area (Å²) < 4.78 is 5.17. The van der Waals surface area contributed by atoms with Gasteiger partial charge in [0.05, 0.1) is 18.6 Å². The van der Waals surface area contributed by atoms with Gasteiger partial charge in [-0.2, -0.15) is 0 Å². The Kier molecular flexibility index (Phi) is 5.34. The highest BCUT2D eigenvalue weighted by Crippen LogP contribution is 2.29. The number of hydrogen-bond acceptors (Lipinski definition) is 5. The van der Waals surface area contributed by atoms with Crippen LogP contribution in [0.4, 0.5) is 5.95 Å². The van der Waals surface area contributed by atoms with E-state index >= 15 is 0 Å². The van der Waals surface area contributed by atoms with Crippen molar-refractivity contribution in [2.45, 2.75) is 27.7 Å². The van der Waals surface area contributed by atoms with Gasteiger partial charge in [0.25, 0.3) is 0 Å². The molecular weight excluding hydrogens is 280 g/mol. The van der Waals surface area contributed by atoms with Crippen LogP contribution in [-0.4, -0.2) is 60.2 Å². The topological polar surface area (TPSA) is 58.6 Å². The summed E-state index contributed by atoms with van der Waals surface area (Å²) in [6.07, 6.45) is 3.65. The number of rotatable bonds is 2. The molecule has 6 heteroatoms. The van der Waals surface area contributed by atoms with Gasteiger partial charge >= 0.3 is 0 Å². The third kappa shape index (κ3) is 3.38. The molecule has 1 aromatic heterocycles. The van der Waals surface area contributed by atoms with E-state index in [0.717, 1.165) is 37.7 Å². The molecule has 0 radical (unpaired) electrons. The Morgan fingerprint density at radius 3 is 2.14 bits per heavy atom. The molecule has 6 nitrogen and oxygen atoms in total. The fraction of sp³-hybridized carbons (Fsp3) is 0.688. The number of piperazine rings is 1. The molecule has 0 N–H and O–H groups in total. The third-order valence-electron chi connectivity index (χ3n) is 3.97. The molecule has 22 heavy (non-hydrogen) atoms. The summed E-state index contributed by atoms with van der Waals surface area (Å²) in [4.78, 5) is 25.1. The number of carbonyl (C=O) groups excluding carboxylic acids is 1. The Labute approximate surface area is 132 Å². The van der Waals surface area contributed by atoms with Crippen molar-refractivity contribution in [3.63, 3.8) is 0 Å². The molecule has 2 saturated heterocycles. The number of nitrogens with zero attached hydrogens (tertiary/aromatic N) is 4. The van der Waals surface area contributed by atoms with Gasteiger partial charge in [-0.25, -0.2) is 9.97 Å². The van der Waals surface area contributed by atoms with Crippen LogP contribution in [0.2, 0.25) is 0 Å². The average molecular weight is 306 g/mol. The number of aryl methyl sites for hydroxylation is 1. The molecule has 0 saturated carbocycles. The normalized spacial score (nSPS) is 19.8. The van der Waals surface area contributed by atoms with Crippen molar-refractivity contribution in [3.8, 4) is 0 Å². The van der Waals surface area contributed by atoms with Crippen LogP contribution in [0.3, 0.4) is 0 Å². The number of anilines is 1. The lowest BCUT2D eigenvalue weighted by molar-refractivity contribution is -0.169. The van der Waals surface area contributed by atoms with Crippen molar-refractivity contribution in [2.24, 2.45) is 5.41 Å². The fourth-order valence-electron chi connectivity index (χ4n) is 2.57. The van der Waals surface area contributed by atoms with Crippen molar-refractivity contribution in [3.05, 3.63) is 18.0 Å². The zero-order valence-corrected chi connectivity index (χ0v) is 14.0. The predicted octanol–water partition coefficient (Wildman–Crippen LogP) is 1.50. The van der Waals surface area contributed by atoms with Gasteiger partial charge in [-0.05, 0) is 19.4 Å². The third-order valence-corrected chi connectivity index (χ3v) is 3.97. The Bertz CT molecular complexity index is 491. The quantitative estimate of drug-likeness (QED) is 0.828. The van der Waals surface area contributed by atoms with E-state index in [-0.39, 0.29) is 11.3 Å². The lowest BCUT2D eigenvalue weighted by atomic mass is 9.86. The molecule has 0 bridgehead atoms. The highest BCUT2D eigenvalue weighted by Gasteiger charge is 2.44. The van der Waals surface area contributed by atoms with E-state index in [1.807, 2.05) is 45.0 Å². The summed E-state index contributed by atoms with van der Waals surface area (Å²) in [5, 5.41) is 0. The zero-order valence-electron chi connectivity index (χ0n) is 14.0. The maximum absolute atomic E-state index is 12.4. The minimum absolute atomic E-state index is 0.216. The van der Waals surface area contributed by atoms with Gasteiger partial charge in [0.1, 0.15) is 0 Å². The van der Waals surface area contributed by atoms with Gasteiger partial charge in [-0.3, -0.25) is 4.79 Å². The largest absolute Gasteiger partial charge is 0.379 e. The summed E-state index contributed by atoms with van der Waals surface area (Å²) in [5.41, 5.74) is 0.753. The number of ether oxygens (including phenoxy) is 1. The van der Waals surface area contributed by atoms with E-state index in [1.54, 1.807) is 0 Å². The summed E-state index contributed by atoms with van der Waals surface area (Å²) in [6, 6.07) is 0. The first-order valence-electron chi connectivity index (χ1n) is 7.99. The van der Waals surface area contributed by atoms with Crippen LogP contribution < -0.4 is 4.90 Å². The Morgan fingerprint density at radius 1 is 1.14 bits per heavy atom. The highest BCUT2D eigenvalue weighted by atomic mass is 16.5. The van der Waals surface area contributed by atoms with Crippen LogP contribution in [-0.2, 0) is 9.53 Å². The van der Waals surface area contributed by atoms with E-state index in [4.69, 9.17) is 4.74 Å². The molecule has 0 unspecified atom stereocenters. The molecule has 1 aromatic rings. The Balaban J connectivity index is 0.000000847. The number of aromatic nitrogens is 2. The van der Waals surface area contributed by atoms with Crippen LogP contribution in [0.5, 0.6) is 0 Å². The van der Waals surface area contributed by atoms with Crippen LogP contribution >= 0.6 is 0 Å². The second kappa shape index (κ2) is 7.05. The standard InChI is InChI=1S/C14H20N4O2.C2H6/c1-11-7-15-13(16-8-11)18-5-3-17(4-6-18)12(19)14(2)9-20-10-14;1-2/h7-8H,3-6,9-10H2,1-2H3;1-2H3. The molecule has 0 atom stereocenters. The number of amides is 1. The van der Waals surface area contributed by atoms with Gasteiger partial charge in [0, 0.05) is 38.6 Å². The molecular formula is C16H26N4O2. The van der Waals surface area contributed by atoms with Crippen LogP contribution in [0.25, 0.3) is 0 Å². The highest BCUT2D eigenvalue weighted by molar-refractivity contribution is 5.83. The van der Waals surface area contributed by atoms with Gasteiger partial charge in [-0.1, -0.05) is 13.8 Å². The molecule has 2 aliphatic rings. The number of hydrogen-bond donors (Lipinski definition) is 0. The summed E-state index contributed by atoms with van der Waals surface area (Å²) in [7, 11) is 0. The van der Waals surface area contributed by atoms with E-state index in [2.05, 4.69) is 14.9 Å². The van der Waals surface area contributed by atoms with Gasteiger partial charge in [0.2, 0.25) is 11.9 Å². The molecule has 0 aliphatic carbocycles. The first-order valence-corrected chi connectivity index (χ1v) is 7.99. The summed E-state index contributed by atoms with van der Waals surface area (Å²) >= 11 is 0. The van der Waals surface area contributed by atoms with Gasteiger partial charge in [-0.15, -0.1) is 0 Å². The predicted molar refractivity (Wildman–Crippen MR) is 85.8 cm³/mol. The first-order chi connectivity index (χ1) is 10.6. The van der Waals surface area contributed by atoms with Crippen LogP contribution in [0.15, 0.2) is 12.4 Å². The summed E-state index contributed by atoms with van der Waals surface area (Å²) in [6.45, 7) is 12.1. The Hall–Kier alpha value is -1.69. The zero-order chi connectivity index (χ0) is 16.2. The van der Waals surface area contributed by atoms with Crippen molar-refractivity contribution in [1.29, 1.82) is 0 Å². The van der Waals surface area contributed by atoms with E-state index in [0.29, 0.717) is 13.2 Å². The average Bonchev–Trinajstić information content (AvgIpc) is 2.55. The molecule has 0 spiro atoms. The molecule has 1 amide bonds. The second-order valence-electron chi connectivity index (χ2n) is 5.89. The monoisotopic (exact) mass is 306 g/mol. The first kappa shape index (κ1) is 16.7. The lowest BCUT2D eigenvalue weighted by Gasteiger charge is -2.43. The molecule has 3 rings (SSSR count). The van der Waals surface area contributed by atoms with Crippen LogP contribution in [0.1, 0.15) is 26.3 Å². The van der Waals surface area contributed by atoms with Crippen molar-refractivity contribution in [2.75, 3.05) is 44.3 Å². The minimum atomic E-state index is -0.303. The van der Waals surface area contributed by atoms with Gasteiger partial charge < -0.3 is 14.5 Å². The van der Waals surface area contributed by atoms with Crippen molar-refractivity contribution in [1.82, 2.24) is 14.9 Å². The van der Waals surface area contributed by atoms with E-state index in [1.165, 1.54) is 0 Å². The maximum Gasteiger partial charge on any atom is 0.233 e. The number of carbonyl (C=O) groups is 1. The summed E-state index contributed by atoms with van der Waals surface area (Å²) in [5.74, 6) is 0.967. The van der Waals surface area contributed by atoms with Gasteiger partial charge in [0.15, 0.2) is 0 Å². The smallest absolute Gasteiger partial charge is 0.233 e. The van der Waals surface area contributed by atoms with Crippen LogP contribution in [0, 0.1) is 12.3 Å². The second-order valence-corrected chi connectivity index (χ2v) is 5.89. The van der Waals surface area contributed by atoms with E-state index in [9.17, 15) is 4.79 Å². The molecule has 2 aliphatic heterocycles. The minimum Gasteiger partial charge on any atom is -0.379 e. The lowest BCUT2D eigenvalue weighted by Crippen LogP contribution is -2.58. The fourth-order valence-corrected chi connectivity index (χ4v) is 2.57. The SMILES string of the molecule is CC.Cc1cnc(N2CCN(C(=O)C3(C)COC3)CC2)nc1. The van der Waals surface area contributed by atoms with Crippen molar-refractivity contribution >= 4 is 11.9 Å². The van der Waals surface area contributed by atoms with Crippen molar-refractivity contribution < 1.29 is 9.53 Å². The van der Waals surface area contributed by atoms with E-state index < -0.39 is 0 Å². The molecule has 0 aromatic carbocycles. The molecule has 2 fully saturated rings. The maximum atomic E-state index is 12.4. The molecule has 122 valence electrons. The molecule has 3 heterocycles.